The number of aryl methyl sites for hydroxylation is 2. The van der Waals surface area contributed by atoms with Gasteiger partial charge in [0.25, 0.3) is 0 Å². The van der Waals surface area contributed by atoms with Crippen LogP contribution in [0.4, 0.5) is 0 Å². The number of benzene rings is 1. The van der Waals surface area contributed by atoms with Crippen LogP contribution < -0.4 is 5.32 Å². The quantitative estimate of drug-likeness (QED) is 0.880. The first-order chi connectivity index (χ1) is 9.56. The molecule has 104 valence electrons. The van der Waals surface area contributed by atoms with Gasteiger partial charge in [-0.05, 0) is 44.5 Å². The minimum atomic E-state index is -0.880. The van der Waals surface area contributed by atoms with Gasteiger partial charge in [0.15, 0.2) is 0 Å². The SMILES string of the molecule is Cc1cc(C)c2nc(C3CCNC3)cc(C(=O)O)c2c1. The lowest BCUT2D eigenvalue weighted by Gasteiger charge is -2.13. The van der Waals surface area contributed by atoms with Gasteiger partial charge >= 0.3 is 5.97 Å². The molecule has 1 fully saturated rings. The number of aromatic carboxylic acids is 1. The van der Waals surface area contributed by atoms with Crippen LogP contribution in [0.15, 0.2) is 18.2 Å². The number of rotatable bonds is 2. The highest BCUT2D eigenvalue weighted by Gasteiger charge is 2.21. The third kappa shape index (κ3) is 2.16. The predicted octanol–water partition coefficient (Wildman–Crippen LogP) is 2.63. The van der Waals surface area contributed by atoms with Gasteiger partial charge in [0.05, 0.1) is 11.1 Å². The average Bonchev–Trinajstić information content (AvgIpc) is 2.91. The second-order valence-corrected chi connectivity index (χ2v) is 5.57. The first-order valence-corrected chi connectivity index (χ1v) is 6.92. The van der Waals surface area contributed by atoms with E-state index in [0.717, 1.165) is 47.2 Å². The molecule has 1 aromatic carbocycles. The summed E-state index contributed by atoms with van der Waals surface area (Å²) in [6.07, 6.45) is 1.02. The molecule has 2 N–H and O–H groups in total. The summed E-state index contributed by atoms with van der Waals surface area (Å²) in [6, 6.07) is 5.72. The molecule has 2 heterocycles. The summed E-state index contributed by atoms with van der Waals surface area (Å²) in [5.74, 6) is -0.562. The van der Waals surface area contributed by atoms with Crippen LogP contribution in [0.1, 0.15) is 39.5 Å². The van der Waals surface area contributed by atoms with Gasteiger partial charge < -0.3 is 10.4 Å². The summed E-state index contributed by atoms with van der Waals surface area (Å²) in [5, 5.41) is 13.5. The number of pyridine rings is 1. The van der Waals surface area contributed by atoms with Crippen LogP contribution in [0.5, 0.6) is 0 Å². The summed E-state index contributed by atoms with van der Waals surface area (Å²) >= 11 is 0. The lowest BCUT2D eigenvalue weighted by atomic mass is 9.97. The van der Waals surface area contributed by atoms with Crippen molar-refractivity contribution in [3.63, 3.8) is 0 Å². The summed E-state index contributed by atoms with van der Waals surface area (Å²) in [4.78, 5) is 16.3. The van der Waals surface area contributed by atoms with Crippen LogP contribution in [0.2, 0.25) is 0 Å². The Balaban J connectivity index is 2.27. The van der Waals surface area contributed by atoms with Crippen LogP contribution in [-0.4, -0.2) is 29.1 Å². The Morgan fingerprint density at radius 3 is 2.80 bits per heavy atom. The zero-order valence-electron chi connectivity index (χ0n) is 11.7. The number of carboxylic acid groups (broad SMARTS) is 1. The highest BCUT2D eigenvalue weighted by Crippen LogP contribution is 2.28. The highest BCUT2D eigenvalue weighted by molar-refractivity contribution is 6.03. The van der Waals surface area contributed by atoms with Gasteiger partial charge in [-0.1, -0.05) is 11.6 Å². The fourth-order valence-electron chi connectivity index (χ4n) is 2.99. The molecule has 0 spiro atoms. The summed E-state index contributed by atoms with van der Waals surface area (Å²) in [7, 11) is 0. The molecule has 1 aliphatic heterocycles. The molecule has 0 saturated carbocycles. The van der Waals surface area contributed by atoms with Crippen LogP contribution >= 0.6 is 0 Å². The van der Waals surface area contributed by atoms with E-state index in [-0.39, 0.29) is 0 Å². The van der Waals surface area contributed by atoms with Gasteiger partial charge in [-0.2, -0.15) is 0 Å². The van der Waals surface area contributed by atoms with Gasteiger partial charge in [0.1, 0.15) is 0 Å². The van der Waals surface area contributed by atoms with E-state index in [9.17, 15) is 9.90 Å². The molecule has 1 unspecified atom stereocenters. The third-order valence-corrected chi connectivity index (χ3v) is 3.98. The number of nitrogens with zero attached hydrogens (tertiary/aromatic N) is 1. The third-order valence-electron chi connectivity index (χ3n) is 3.98. The van der Waals surface area contributed by atoms with E-state index in [2.05, 4.69) is 11.4 Å². The standard InChI is InChI=1S/C16H18N2O2/c1-9-5-10(2)15-12(6-9)13(16(19)20)7-14(18-15)11-3-4-17-8-11/h5-7,11,17H,3-4,8H2,1-2H3,(H,19,20). The minimum Gasteiger partial charge on any atom is -0.478 e. The van der Waals surface area contributed by atoms with Gasteiger partial charge in [-0.25, -0.2) is 4.79 Å². The molecule has 3 rings (SSSR count). The summed E-state index contributed by atoms with van der Waals surface area (Å²) < 4.78 is 0. The number of hydrogen-bond donors (Lipinski definition) is 2. The largest absolute Gasteiger partial charge is 0.478 e. The van der Waals surface area contributed by atoms with Crippen molar-refractivity contribution in [2.24, 2.45) is 0 Å². The van der Waals surface area contributed by atoms with E-state index >= 15 is 0 Å². The van der Waals surface area contributed by atoms with Crippen molar-refractivity contribution in [1.29, 1.82) is 0 Å². The molecule has 1 aromatic heterocycles. The van der Waals surface area contributed by atoms with E-state index in [0.29, 0.717) is 11.5 Å². The molecule has 1 aliphatic rings. The molecular formula is C16H18N2O2. The minimum absolute atomic E-state index is 0.318. The molecule has 20 heavy (non-hydrogen) atoms. The maximum Gasteiger partial charge on any atom is 0.336 e. The van der Waals surface area contributed by atoms with Crippen molar-refractivity contribution < 1.29 is 9.90 Å². The fraction of sp³-hybridized carbons (Fsp3) is 0.375. The Bertz CT molecular complexity index is 688. The van der Waals surface area contributed by atoms with E-state index in [1.54, 1.807) is 6.07 Å². The Morgan fingerprint density at radius 1 is 1.35 bits per heavy atom. The number of fused-ring (bicyclic) bond motifs is 1. The molecule has 2 aromatic rings. The first-order valence-electron chi connectivity index (χ1n) is 6.92. The molecule has 0 aliphatic carbocycles. The second kappa shape index (κ2) is 4.87. The normalized spacial score (nSPS) is 18.6. The van der Waals surface area contributed by atoms with Gasteiger partial charge in [-0.3, -0.25) is 4.98 Å². The number of hydrogen-bond acceptors (Lipinski definition) is 3. The van der Waals surface area contributed by atoms with Crippen molar-refractivity contribution >= 4 is 16.9 Å². The van der Waals surface area contributed by atoms with Crippen LogP contribution in [0, 0.1) is 13.8 Å². The topological polar surface area (TPSA) is 62.2 Å². The van der Waals surface area contributed by atoms with Crippen molar-refractivity contribution in [3.05, 3.63) is 40.6 Å². The summed E-state index contributed by atoms with van der Waals surface area (Å²) in [5.41, 5.74) is 4.18. The Hall–Kier alpha value is -1.94. The second-order valence-electron chi connectivity index (χ2n) is 5.57. The lowest BCUT2D eigenvalue weighted by Crippen LogP contribution is -2.10. The molecular weight excluding hydrogens is 252 g/mol. The summed E-state index contributed by atoms with van der Waals surface area (Å²) in [6.45, 7) is 5.82. The lowest BCUT2D eigenvalue weighted by molar-refractivity contribution is 0.0699. The number of aromatic nitrogens is 1. The Labute approximate surface area is 117 Å². The van der Waals surface area contributed by atoms with Crippen LogP contribution in [0.25, 0.3) is 10.9 Å². The fourth-order valence-corrected chi connectivity index (χ4v) is 2.99. The first kappa shape index (κ1) is 13.1. The molecule has 0 bridgehead atoms. The number of carbonyl (C=O) groups is 1. The predicted molar refractivity (Wildman–Crippen MR) is 78.4 cm³/mol. The van der Waals surface area contributed by atoms with E-state index in [1.165, 1.54) is 0 Å². The van der Waals surface area contributed by atoms with Crippen molar-refractivity contribution in [1.82, 2.24) is 10.3 Å². The molecule has 4 nitrogen and oxygen atoms in total. The average molecular weight is 270 g/mol. The maximum absolute atomic E-state index is 11.6. The smallest absolute Gasteiger partial charge is 0.336 e. The Kier molecular flexibility index (Phi) is 3.18. The molecule has 4 heteroatoms. The van der Waals surface area contributed by atoms with Crippen molar-refractivity contribution in [3.8, 4) is 0 Å². The molecule has 1 atom stereocenters. The van der Waals surface area contributed by atoms with Crippen LogP contribution in [-0.2, 0) is 0 Å². The van der Waals surface area contributed by atoms with Crippen molar-refractivity contribution in [2.45, 2.75) is 26.2 Å². The zero-order valence-corrected chi connectivity index (χ0v) is 11.7. The van der Waals surface area contributed by atoms with Crippen molar-refractivity contribution in [2.75, 3.05) is 13.1 Å². The van der Waals surface area contributed by atoms with Gasteiger partial charge in [0, 0.05) is 23.5 Å². The number of carboxylic acids is 1. The molecule has 0 radical (unpaired) electrons. The molecule has 0 amide bonds. The maximum atomic E-state index is 11.6. The highest BCUT2D eigenvalue weighted by atomic mass is 16.4. The van der Waals surface area contributed by atoms with E-state index < -0.39 is 5.97 Å². The van der Waals surface area contributed by atoms with Gasteiger partial charge in [-0.15, -0.1) is 0 Å². The molecule has 1 saturated heterocycles. The van der Waals surface area contributed by atoms with Gasteiger partial charge in [0.2, 0.25) is 0 Å². The van der Waals surface area contributed by atoms with E-state index in [1.807, 2.05) is 19.9 Å². The van der Waals surface area contributed by atoms with E-state index in [4.69, 9.17) is 4.98 Å². The monoisotopic (exact) mass is 270 g/mol. The van der Waals surface area contributed by atoms with Crippen LogP contribution in [0.3, 0.4) is 0 Å². The number of nitrogens with one attached hydrogen (secondary N) is 1. The Morgan fingerprint density at radius 2 is 2.15 bits per heavy atom. The zero-order chi connectivity index (χ0) is 14.3.